The van der Waals surface area contributed by atoms with Crippen LogP contribution < -0.4 is 21.5 Å². The Balaban J connectivity index is 1.72. The Morgan fingerprint density at radius 1 is 1.16 bits per heavy atom. The van der Waals surface area contributed by atoms with Crippen molar-refractivity contribution in [3.63, 3.8) is 0 Å². The van der Waals surface area contributed by atoms with E-state index in [1.807, 2.05) is 56.6 Å². The van der Waals surface area contributed by atoms with Crippen molar-refractivity contribution in [2.24, 2.45) is 5.73 Å². The van der Waals surface area contributed by atoms with E-state index in [9.17, 15) is 9.59 Å². The molecule has 37 heavy (non-hydrogen) atoms. The number of fused-ring (bicyclic) bond motifs is 1. The number of carbonyl (C=O) groups excluding carboxylic acids is 1. The van der Waals surface area contributed by atoms with Crippen LogP contribution in [0.4, 0.5) is 5.82 Å². The van der Waals surface area contributed by atoms with Gasteiger partial charge in [0.2, 0.25) is 0 Å². The molecular formula is C29H36N6O2. The fraction of sp³-hybridized carbons (Fsp3) is 0.345. The van der Waals surface area contributed by atoms with Crippen LogP contribution in [-0.4, -0.2) is 40.1 Å². The first-order chi connectivity index (χ1) is 17.7. The van der Waals surface area contributed by atoms with E-state index in [0.717, 1.165) is 52.2 Å². The van der Waals surface area contributed by atoms with E-state index in [2.05, 4.69) is 51.6 Å². The average Bonchev–Trinajstić information content (AvgIpc) is 3.30. The second-order valence-corrected chi connectivity index (χ2v) is 9.67. The summed E-state index contributed by atoms with van der Waals surface area (Å²) >= 11 is 0. The number of nitrogens with one attached hydrogen (secondary N) is 2. The first-order valence-electron chi connectivity index (χ1n) is 12.8. The summed E-state index contributed by atoms with van der Waals surface area (Å²) in [5.41, 5.74) is 11.2. The molecule has 0 bridgehead atoms. The second kappa shape index (κ2) is 11.0. The highest BCUT2D eigenvalue weighted by atomic mass is 16.1. The highest BCUT2D eigenvalue weighted by Gasteiger charge is 2.18. The Labute approximate surface area is 217 Å². The zero-order valence-corrected chi connectivity index (χ0v) is 22.3. The number of pyridine rings is 2. The number of hydrogen-bond donors (Lipinski definition) is 3. The van der Waals surface area contributed by atoms with Crippen molar-refractivity contribution in [1.82, 2.24) is 19.9 Å². The van der Waals surface area contributed by atoms with Gasteiger partial charge < -0.3 is 25.5 Å². The Kier molecular flexibility index (Phi) is 7.78. The number of benzene rings is 1. The van der Waals surface area contributed by atoms with E-state index in [0.29, 0.717) is 17.7 Å². The van der Waals surface area contributed by atoms with Crippen molar-refractivity contribution >= 4 is 22.6 Å². The summed E-state index contributed by atoms with van der Waals surface area (Å²) in [7, 11) is 0. The van der Waals surface area contributed by atoms with Crippen LogP contribution in [0.3, 0.4) is 0 Å². The maximum Gasteiger partial charge on any atom is 0.253 e. The van der Waals surface area contributed by atoms with Gasteiger partial charge in [0, 0.05) is 77.9 Å². The summed E-state index contributed by atoms with van der Waals surface area (Å²) in [6, 6.07) is 12.2. The molecule has 0 saturated heterocycles. The van der Waals surface area contributed by atoms with Gasteiger partial charge in [-0.25, -0.2) is 4.98 Å². The molecule has 8 heteroatoms. The number of carbonyl (C=O) groups is 1. The van der Waals surface area contributed by atoms with Crippen molar-refractivity contribution in [3.05, 3.63) is 81.5 Å². The lowest BCUT2D eigenvalue weighted by Crippen LogP contribution is -2.29. The number of nitrogens with zero attached hydrogens (tertiary/aromatic N) is 3. The smallest absolute Gasteiger partial charge is 0.253 e. The molecule has 0 aliphatic carbocycles. The van der Waals surface area contributed by atoms with Crippen molar-refractivity contribution in [3.8, 4) is 11.1 Å². The Bertz CT molecular complexity index is 1470. The molecule has 4 rings (SSSR count). The molecule has 0 fully saturated rings. The van der Waals surface area contributed by atoms with E-state index in [4.69, 9.17) is 5.73 Å². The SMILES string of the molecule is CCN(CCN)c1ccc(-c2cc(C(=O)NCc3c(C)cc(C)[nH]c3=O)c3ccn(C(C)C)c3c2)cn1. The first kappa shape index (κ1) is 26.2. The molecule has 4 N–H and O–H groups in total. The molecule has 0 radical (unpaired) electrons. The normalized spacial score (nSPS) is 11.3. The van der Waals surface area contributed by atoms with Crippen molar-refractivity contribution in [2.45, 2.75) is 47.2 Å². The monoisotopic (exact) mass is 500 g/mol. The molecule has 0 unspecified atom stereocenters. The fourth-order valence-corrected chi connectivity index (χ4v) is 4.77. The van der Waals surface area contributed by atoms with Crippen molar-refractivity contribution in [2.75, 3.05) is 24.5 Å². The lowest BCUT2D eigenvalue weighted by Gasteiger charge is -2.21. The second-order valence-electron chi connectivity index (χ2n) is 9.67. The molecule has 3 aromatic heterocycles. The maximum atomic E-state index is 13.5. The number of aromatic amines is 1. The van der Waals surface area contributed by atoms with Crippen molar-refractivity contribution in [1.29, 1.82) is 0 Å². The zero-order chi connectivity index (χ0) is 26.7. The molecule has 0 aliphatic heterocycles. The minimum absolute atomic E-state index is 0.154. The Hall–Kier alpha value is -3.91. The van der Waals surface area contributed by atoms with Gasteiger partial charge in [0.05, 0.1) is 0 Å². The molecule has 0 spiro atoms. The predicted molar refractivity (Wildman–Crippen MR) is 150 cm³/mol. The number of aryl methyl sites for hydroxylation is 2. The van der Waals surface area contributed by atoms with Crippen LogP contribution in [0.1, 0.15) is 54.0 Å². The molecule has 3 heterocycles. The predicted octanol–water partition coefficient (Wildman–Crippen LogP) is 4.30. The quantitative estimate of drug-likeness (QED) is 0.317. The number of aromatic nitrogens is 3. The molecule has 8 nitrogen and oxygen atoms in total. The van der Waals surface area contributed by atoms with Gasteiger partial charge in [0.25, 0.3) is 11.5 Å². The highest BCUT2D eigenvalue weighted by molar-refractivity contribution is 6.08. The van der Waals surface area contributed by atoms with Gasteiger partial charge in [-0.15, -0.1) is 0 Å². The number of hydrogen-bond acceptors (Lipinski definition) is 5. The summed E-state index contributed by atoms with van der Waals surface area (Å²) in [5, 5.41) is 3.84. The topological polar surface area (TPSA) is 109 Å². The molecule has 0 saturated carbocycles. The van der Waals surface area contributed by atoms with Gasteiger partial charge in [0.1, 0.15) is 5.82 Å². The summed E-state index contributed by atoms with van der Waals surface area (Å²) in [6.07, 6.45) is 3.85. The van der Waals surface area contributed by atoms with Crippen LogP contribution in [0.5, 0.6) is 0 Å². The van der Waals surface area contributed by atoms with Gasteiger partial charge in [-0.1, -0.05) is 0 Å². The average molecular weight is 501 g/mol. The number of nitrogens with two attached hydrogens (primary N) is 1. The maximum absolute atomic E-state index is 13.5. The van der Waals surface area contributed by atoms with E-state index < -0.39 is 0 Å². The number of likely N-dealkylation sites (N-methyl/N-ethyl adjacent to an activating group) is 1. The van der Waals surface area contributed by atoms with Gasteiger partial charge in [-0.2, -0.15) is 0 Å². The van der Waals surface area contributed by atoms with E-state index in [1.54, 1.807) is 0 Å². The van der Waals surface area contributed by atoms with Crippen LogP contribution in [0.15, 0.2) is 53.6 Å². The molecule has 0 aliphatic rings. The largest absolute Gasteiger partial charge is 0.356 e. The Morgan fingerprint density at radius 2 is 1.95 bits per heavy atom. The zero-order valence-electron chi connectivity index (χ0n) is 22.3. The van der Waals surface area contributed by atoms with Crippen LogP contribution in [-0.2, 0) is 6.54 Å². The molecule has 4 aromatic rings. The minimum atomic E-state index is -0.225. The van der Waals surface area contributed by atoms with Gasteiger partial charge in [-0.05, 0) is 82.1 Å². The molecular weight excluding hydrogens is 464 g/mol. The van der Waals surface area contributed by atoms with Gasteiger partial charge in [0.15, 0.2) is 0 Å². The first-order valence-corrected chi connectivity index (χ1v) is 12.8. The van der Waals surface area contributed by atoms with Crippen LogP contribution >= 0.6 is 0 Å². The minimum Gasteiger partial charge on any atom is -0.356 e. The van der Waals surface area contributed by atoms with Gasteiger partial charge >= 0.3 is 0 Å². The highest BCUT2D eigenvalue weighted by Crippen LogP contribution is 2.31. The van der Waals surface area contributed by atoms with E-state index >= 15 is 0 Å². The van der Waals surface area contributed by atoms with E-state index in [1.165, 1.54) is 0 Å². The lowest BCUT2D eigenvalue weighted by atomic mass is 10.0. The summed E-state index contributed by atoms with van der Waals surface area (Å²) < 4.78 is 2.16. The third-order valence-corrected chi connectivity index (χ3v) is 6.74. The molecule has 0 atom stereocenters. The fourth-order valence-electron chi connectivity index (χ4n) is 4.77. The van der Waals surface area contributed by atoms with Crippen LogP contribution in [0.2, 0.25) is 0 Å². The summed E-state index contributed by atoms with van der Waals surface area (Å²) in [6.45, 7) is 12.3. The van der Waals surface area contributed by atoms with Crippen LogP contribution in [0.25, 0.3) is 22.0 Å². The van der Waals surface area contributed by atoms with Crippen molar-refractivity contribution < 1.29 is 4.79 Å². The van der Waals surface area contributed by atoms with E-state index in [-0.39, 0.29) is 24.1 Å². The third-order valence-electron chi connectivity index (χ3n) is 6.74. The molecule has 1 aromatic carbocycles. The summed E-state index contributed by atoms with van der Waals surface area (Å²) in [5.74, 6) is 0.650. The van der Waals surface area contributed by atoms with Gasteiger partial charge in [-0.3, -0.25) is 9.59 Å². The third kappa shape index (κ3) is 5.44. The molecule has 194 valence electrons. The molecule has 1 amide bonds. The standard InChI is InChI=1S/C29H36N6O2/c1-6-34(12-10-30)27-8-7-21(16-31-27)22-14-24(23-9-11-35(18(2)3)26(23)15-22)28(36)32-17-25-19(4)13-20(5)33-29(25)37/h7-9,11,13-16,18H,6,10,12,17,30H2,1-5H3,(H,32,36)(H,33,37). The number of H-pyrrole nitrogens is 1. The lowest BCUT2D eigenvalue weighted by molar-refractivity contribution is 0.0952. The number of rotatable bonds is 9. The van der Waals surface area contributed by atoms with Crippen LogP contribution in [0, 0.1) is 13.8 Å². The Morgan fingerprint density at radius 3 is 2.57 bits per heavy atom. The summed E-state index contributed by atoms with van der Waals surface area (Å²) in [4.78, 5) is 35.5. The number of anilines is 1. The number of amides is 1.